The number of carbonyl (C=O) groups is 1. The van der Waals surface area contributed by atoms with Gasteiger partial charge < -0.3 is 19.7 Å². The van der Waals surface area contributed by atoms with Crippen molar-refractivity contribution in [2.24, 2.45) is 0 Å². The maximum atomic E-state index is 11.3. The molecule has 0 amide bonds. The van der Waals surface area contributed by atoms with E-state index in [-0.39, 0.29) is 29.8 Å². The number of hydrogen-bond donors (Lipinski definition) is 2. The minimum atomic E-state index is -0.786. The van der Waals surface area contributed by atoms with Gasteiger partial charge in [0.15, 0.2) is 0 Å². The summed E-state index contributed by atoms with van der Waals surface area (Å²) in [6.07, 6.45) is 1.47. The van der Waals surface area contributed by atoms with Crippen LogP contribution in [0.5, 0.6) is 11.5 Å². The van der Waals surface area contributed by atoms with Crippen LogP contribution in [0.1, 0.15) is 75.8 Å². The zero-order chi connectivity index (χ0) is 22.1. The van der Waals surface area contributed by atoms with Gasteiger partial charge in [0.25, 0.3) is 0 Å². The Hall–Kier alpha value is -2.37. The van der Waals surface area contributed by atoms with Crippen LogP contribution in [-0.2, 0) is 22.2 Å². The zero-order valence-electron chi connectivity index (χ0n) is 18.5. The minimum Gasteiger partial charge on any atom is -0.490 e. The summed E-state index contributed by atoms with van der Waals surface area (Å²) in [6, 6.07) is 11.1. The molecule has 1 atom stereocenters. The quantitative estimate of drug-likeness (QED) is 0.537. The van der Waals surface area contributed by atoms with Gasteiger partial charge >= 0.3 is 5.97 Å². The van der Waals surface area contributed by atoms with Gasteiger partial charge in [-0.3, -0.25) is 4.79 Å². The Morgan fingerprint density at radius 3 is 2.33 bits per heavy atom. The molecule has 3 rings (SSSR count). The van der Waals surface area contributed by atoms with E-state index in [9.17, 15) is 15.0 Å². The molecule has 0 saturated heterocycles. The van der Waals surface area contributed by atoms with Crippen LogP contribution < -0.4 is 9.47 Å². The molecule has 2 aromatic rings. The van der Waals surface area contributed by atoms with Crippen molar-refractivity contribution in [3.8, 4) is 11.5 Å². The molecule has 1 aliphatic carbocycles. The first-order valence-electron chi connectivity index (χ1n) is 10.4. The second-order valence-corrected chi connectivity index (χ2v) is 9.42. The highest BCUT2D eigenvalue weighted by Gasteiger charge is 2.37. The van der Waals surface area contributed by atoms with Crippen molar-refractivity contribution in [2.45, 2.75) is 71.0 Å². The predicted octanol–water partition coefficient (Wildman–Crippen LogP) is 4.57. The first kappa shape index (κ1) is 22.3. The molecule has 1 aliphatic rings. The Kier molecular flexibility index (Phi) is 6.25. The molecule has 0 spiro atoms. The van der Waals surface area contributed by atoms with Crippen LogP contribution in [-0.4, -0.2) is 22.8 Å². The summed E-state index contributed by atoms with van der Waals surface area (Å²) in [5.74, 6) is 0.248. The molecule has 0 heterocycles. The molecule has 0 aliphatic heterocycles. The minimum absolute atomic E-state index is 0.0699. The lowest BCUT2D eigenvalue weighted by Crippen LogP contribution is -2.34. The number of fused-ring (bicyclic) bond motifs is 1. The van der Waals surface area contributed by atoms with E-state index < -0.39 is 12.1 Å². The smallest absolute Gasteiger partial charge is 0.308 e. The third-order valence-electron chi connectivity index (χ3n) is 6.13. The molecule has 0 fully saturated rings. The van der Waals surface area contributed by atoms with Crippen molar-refractivity contribution in [3.05, 3.63) is 58.7 Å². The molecule has 0 bridgehead atoms. The lowest BCUT2D eigenvalue weighted by Gasteiger charge is -2.42. The molecule has 162 valence electrons. The summed E-state index contributed by atoms with van der Waals surface area (Å²) in [5.41, 5.74) is 4.16. The van der Waals surface area contributed by atoms with Crippen LogP contribution in [0.2, 0.25) is 0 Å². The lowest BCUT2D eigenvalue weighted by molar-refractivity contribution is -0.131. The van der Waals surface area contributed by atoms with Gasteiger partial charge in [-0.15, -0.1) is 0 Å². The van der Waals surface area contributed by atoms with Crippen LogP contribution in [0, 0.1) is 0 Å². The summed E-state index contributed by atoms with van der Waals surface area (Å²) in [7, 11) is 0. The lowest BCUT2D eigenvalue weighted by atomic mass is 9.63. The molecule has 1 unspecified atom stereocenters. The van der Waals surface area contributed by atoms with Gasteiger partial charge in [-0.1, -0.05) is 45.9 Å². The van der Waals surface area contributed by atoms with E-state index in [0.717, 1.165) is 18.4 Å². The van der Waals surface area contributed by atoms with Crippen LogP contribution in [0.4, 0.5) is 0 Å². The highest BCUT2D eigenvalue weighted by molar-refractivity contribution is 5.70. The molecule has 0 radical (unpaired) electrons. The summed E-state index contributed by atoms with van der Waals surface area (Å²) >= 11 is 0. The number of ether oxygens (including phenoxy) is 2. The molecule has 5 heteroatoms. The zero-order valence-corrected chi connectivity index (χ0v) is 18.5. The summed E-state index contributed by atoms with van der Waals surface area (Å²) in [5, 5.41) is 20.1. The van der Waals surface area contributed by atoms with Crippen LogP contribution in [0.15, 0.2) is 36.4 Å². The van der Waals surface area contributed by atoms with E-state index in [2.05, 4.69) is 39.8 Å². The number of esters is 1. The summed E-state index contributed by atoms with van der Waals surface area (Å²) in [4.78, 5) is 11.3. The number of aliphatic hydroxyl groups excluding tert-OH is 2. The maximum absolute atomic E-state index is 11.3. The van der Waals surface area contributed by atoms with E-state index >= 15 is 0 Å². The third kappa shape index (κ3) is 4.68. The monoisotopic (exact) mass is 412 g/mol. The molecule has 0 aromatic heterocycles. The Morgan fingerprint density at radius 1 is 1.03 bits per heavy atom. The largest absolute Gasteiger partial charge is 0.490 e. The molecule has 30 heavy (non-hydrogen) atoms. The fourth-order valence-electron chi connectivity index (χ4n) is 4.09. The average molecular weight is 413 g/mol. The third-order valence-corrected chi connectivity index (χ3v) is 6.13. The second-order valence-electron chi connectivity index (χ2n) is 9.42. The summed E-state index contributed by atoms with van der Waals surface area (Å²) in [6.45, 7) is 10.2. The van der Waals surface area contributed by atoms with Crippen molar-refractivity contribution in [2.75, 3.05) is 6.61 Å². The number of hydrogen-bond acceptors (Lipinski definition) is 5. The molecule has 5 nitrogen and oxygen atoms in total. The van der Waals surface area contributed by atoms with Gasteiger partial charge in [-0.2, -0.15) is 0 Å². The van der Waals surface area contributed by atoms with E-state index in [1.807, 2.05) is 6.07 Å². The molecule has 2 aromatic carbocycles. The highest BCUT2D eigenvalue weighted by Crippen LogP contribution is 2.46. The van der Waals surface area contributed by atoms with Crippen molar-refractivity contribution >= 4 is 5.97 Å². The Balaban J connectivity index is 1.77. The summed E-state index contributed by atoms with van der Waals surface area (Å²) < 4.78 is 10.9. The van der Waals surface area contributed by atoms with Gasteiger partial charge in [-0.05, 0) is 52.5 Å². The second kappa shape index (κ2) is 8.40. The molecule has 2 N–H and O–H groups in total. The van der Waals surface area contributed by atoms with Crippen molar-refractivity contribution in [1.29, 1.82) is 0 Å². The van der Waals surface area contributed by atoms with Gasteiger partial charge in [0.2, 0.25) is 0 Å². The first-order chi connectivity index (χ1) is 14.0. The van der Waals surface area contributed by atoms with Crippen molar-refractivity contribution in [3.63, 3.8) is 0 Å². The molecular formula is C25H32O5. The molecular weight excluding hydrogens is 380 g/mol. The first-order valence-corrected chi connectivity index (χ1v) is 10.4. The number of aliphatic hydroxyl groups is 2. The van der Waals surface area contributed by atoms with Crippen LogP contribution in [0.25, 0.3) is 0 Å². The van der Waals surface area contributed by atoms with Gasteiger partial charge in [0.05, 0.1) is 6.61 Å². The fourth-order valence-corrected chi connectivity index (χ4v) is 4.09. The Morgan fingerprint density at radius 2 is 1.70 bits per heavy atom. The topological polar surface area (TPSA) is 76.0 Å². The van der Waals surface area contributed by atoms with Gasteiger partial charge in [0, 0.05) is 18.6 Å². The number of rotatable bonds is 6. The SMILES string of the molecule is CC(=O)Oc1cc(OCC(O)c2ccc3c(c2)C(C)(C)CCC3(C)C)ccc1CO. The fraction of sp³-hybridized carbons (Fsp3) is 0.480. The van der Waals surface area contributed by atoms with Gasteiger partial charge in [0.1, 0.15) is 24.2 Å². The maximum Gasteiger partial charge on any atom is 0.308 e. The van der Waals surface area contributed by atoms with Crippen LogP contribution in [0.3, 0.4) is 0 Å². The Labute approximate surface area is 178 Å². The van der Waals surface area contributed by atoms with E-state index in [1.165, 1.54) is 18.1 Å². The normalized spacial score (nSPS) is 17.7. The number of carbonyl (C=O) groups excluding carboxylic acids is 1. The predicted molar refractivity (Wildman–Crippen MR) is 116 cm³/mol. The standard InChI is InChI=1S/C25H32O5/c1-16(27)30-23-13-19(8-6-18(23)14-26)29-15-22(28)17-7-9-20-21(12-17)25(4,5)11-10-24(20,2)3/h6-9,12-13,22,26,28H,10-11,14-15H2,1-5H3. The number of benzene rings is 2. The van der Waals surface area contributed by atoms with Crippen molar-refractivity contribution < 1.29 is 24.5 Å². The van der Waals surface area contributed by atoms with Gasteiger partial charge in [-0.25, -0.2) is 0 Å². The van der Waals surface area contributed by atoms with Crippen molar-refractivity contribution in [1.82, 2.24) is 0 Å². The average Bonchev–Trinajstić information content (AvgIpc) is 2.69. The van der Waals surface area contributed by atoms with Crippen LogP contribution >= 0.6 is 0 Å². The van der Waals surface area contributed by atoms with E-state index in [0.29, 0.717) is 11.3 Å². The highest BCUT2D eigenvalue weighted by atomic mass is 16.5. The molecule has 0 saturated carbocycles. The van der Waals surface area contributed by atoms with E-state index in [1.54, 1.807) is 18.2 Å². The van der Waals surface area contributed by atoms with E-state index in [4.69, 9.17) is 9.47 Å². The Bertz CT molecular complexity index is 929.